The van der Waals surface area contributed by atoms with Crippen molar-refractivity contribution in [2.45, 2.75) is 12.5 Å². The van der Waals surface area contributed by atoms with E-state index >= 15 is 0 Å². The van der Waals surface area contributed by atoms with Gasteiger partial charge in [-0.15, -0.1) is 0 Å². The Balaban J connectivity index is 2.57. The number of amides is 1. The number of methoxy groups -OCH3 is 1. The van der Waals surface area contributed by atoms with Crippen LogP contribution in [0.3, 0.4) is 0 Å². The maximum absolute atomic E-state index is 10.9. The van der Waals surface area contributed by atoms with Crippen LogP contribution >= 0.6 is 0 Å². The number of carboxylic acid groups (broad SMARTS) is 1. The second-order valence-corrected chi connectivity index (χ2v) is 4.34. The van der Waals surface area contributed by atoms with Crippen molar-refractivity contribution in [1.29, 1.82) is 0 Å². The summed E-state index contributed by atoms with van der Waals surface area (Å²) in [6, 6.07) is 10.5. The van der Waals surface area contributed by atoms with Crippen molar-refractivity contribution in [3.63, 3.8) is 0 Å². The van der Waals surface area contributed by atoms with Crippen LogP contribution in [-0.2, 0) is 9.59 Å². The Bertz CT molecular complexity index is 639. The molecule has 0 spiro atoms. The number of aliphatic carboxylic acids is 1. The molecule has 0 aliphatic carbocycles. The zero-order valence-electron chi connectivity index (χ0n) is 11.0. The minimum absolute atomic E-state index is 0.172. The van der Waals surface area contributed by atoms with Crippen LogP contribution in [0.1, 0.15) is 18.0 Å². The molecule has 0 fully saturated rings. The molecule has 2 aromatic carbocycles. The molecule has 0 aliphatic heterocycles. The summed E-state index contributed by atoms with van der Waals surface area (Å²) in [5, 5.41) is 13.3. The second kappa shape index (κ2) is 6.06. The lowest BCUT2D eigenvalue weighted by Crippen LogP contribution is -2.22. The van der Waals surface area contributed by atoms with Crippen molar-refractivity contribution in [3.05, 3.63) is 42.0 Å². The SMILES string of the molecule is COc1ccc(C(CC(=O)O)NC=O)c2ccccc12. The van der Waals surface area contributed by atoms with Gasteiger partial charge in [0.15, 0.2) is 0 Å². The molecule has 1 amide bonds. The van der Waals surface area contributed by atoms with E-state index in [1.165, 1.54) is 0 Å². The van der Waals surface area contributed by atoms with Gasteiger partial charge in [-0.3, -0.25) is 9.59 Å². The van der Waals surface area contributed by atoms with E-state index in [2.05, 4.69) is 5.32 Å². The van der Waals surface area contributed by atoms with Gasteiger partial charge in [-0.1, -0.05) is 30.3 Å². The van der Waals surface area contributed by atoms with Crippen LogP contribution in [0.2, 0.25) is 0 Å². The lowest BCUT2D eigenvalue weighted by atomic mass is 9.96. The average Bonchev–Trinajstić information content (AvgIpc) is 2.45. The highest BCUT2D eigenvalue weighted by atomic mass is 16.5. The van der Waals surface area contributed by atoms with Gasteiger partial charge < -0.3 is 15.2 Å². The summed E-state index contributed by atoms with van der Waals surface area (Å²) in [6.45, 7) is 0. The highest BCUT2D eigenvalue weighted by Gasteiger charge is 2.18. The lowest BCUT2D eigenvalue weighted by molar-refractivity contribution is -0.137. The molecule has 0 saturated carbocycles. The van der Waals surface area contributed by atoms with E-state index in [-0.39, 0.29) is 6.42 Å². The third-order valence-electron chi connectivity index (χ3n) is 3.16. The topological polar surface area (TPSA) is 75.6 Å². The number of fused-ring (bicyclic) bond motifs is 1. The minimum atomic E-state index is -0.968. The molecule has 0 radical (unpaired) electrons. The Labute approximate surface area is 116 Å². The third-order valence-corrected chi connectivity index (χ3v) is 3.16. The van der Waals surface area contributed by atoms with Gasteiger partial charge in [0.1, 0.15) is 5.75 Å². The van der Waals surface area contributed by atoms with Gasteiger partial charge >= 0.3 is 5.97 Å². The average molecular weight is 273 g/mol. The first-order valence-electron chi connectivity index (χ1n) is 6.14. The van der Waals surface area contributed by atoms with Crippen molar-refractivity contribution >= 4 is 23.2 Å². The summed E-state index contributed by atoms with van der Waals surface area (Å²) < 4.78 is 5.30. The summed E-state index contributed by atoms with van der Waals surface area (Å²) in [4.78, 5) is 21.6. The van der Waals surface area contributed by atoms with Gasteiger partial charge in [0.05, 0.1) is 19.6 Å². The van der Waals surface area contributed by atoms with Crippen LogP contribution in [0.15, 0.2) is 36.4 Å². The van der Waals surface area contributed by atoms with Gasteiger partial charge in [0, 0.05) is 5.39 Å². The molecular weight excluding hydrogens is 258 g/mol. The first-order chi connectivity index (χ1) is 9.67. The number of carboxylic acids is 1. The van der Waals surface area contributed by atoms with E-state index in [1.807, 2.05) is 24.3 Å². The van der Waals surface area contributed by atoms with Crippen molar-refractivity contribution in [2.75, 3.05) is 7.11 Å². The van der Waals surface area contributed by atoms with Gasteiger partial charge in [-0.25, -0.2) is 0 Å². The molecule has 2 aromatic rings. The fourth-order valence-electron chi connectivity index (χ4n) is 2.29. The maximum Gasteiger partial charge on any atom is 0.305 e. The van der Waals surface area contributed by atoms with E-state index in [0.717, 1.165) is 16.3 Å². The zero-order valence-corrected chi connectivity index (χ0v) is 11.0. The molecule has 2 rings (SSSR count). The predicted molar refractivity (Wildman–Crippen MR) is 74.7 cm³/mol. The van der Waals surface area contributed by atoms with Gasteiger partial charge in [0.25, 0.3) is 0 Å². The van der Waals surface area contributed by atoms with E-state index < -0.39 is 12.0 Å². The van der Waals surface area contributed by atoms with Gasteiger partial charge in [0.2, 0.25) is 6.41 Å². The molecule has 0 aromatic heterocycles. The second-order valence-electron chi connectivity index (χ2n) is 4.34. The molecule has 0 heterocycles. The molecule has 20 heavy (non-hydrogen) atoms. The van der Waals surface area contributed by atoms with Crippen molar-refractivity contribution in [1.82, 2.24) is 5.32 Å². The number of carbonyl (C=O) groups excluding carboxylic acids is 1. The van der Waals surface area contributed by atoms with Crippen LogP contribution in [0, 0.1) is 0 Å². The summed E-state index contributed by atoms with van der Waals surface area (Å²) in [6.07, 6.45) is 0.349. The number of rotatable bonds is 6. The molecule has 5 nitrogen and oxygen atoms in total. The Kier molecular flexibility index (Phi) is 4.20. The van der Waals surface area contributed by atoms with Crippen LogP contribution in [-0.4, -0.2) is 24.6 Å². The summed E-state index contributed by atoms with van der Waals surface area (Å²) >= 11 is 0. The van der Waals surface area contributed by atoms with Gasteiger partial charge in [-0.05, 0) is 17.0 Å². The first-order valence-corrected chi connectivity index (χ1v) is 6.14. The number of carbonyl (C=O) groups is 2. The Morgan fingerprint density at radius 3 is 2.60 bits per heavy atom. The minimum Gasteiger partial charge on any atom is -0.496 e. The quantitative estimate of drug-likeness (QED) is 0.790. The highest BCUT2D eigenvalue weighted by molar-refractivity contribution is 5.92. The molecule has 1 atom stereocenters. The largest absolute Gasteiger partial charge is 0.496 e. The molecular formula is C15H15NO4. The standard InChI is InChI=1S/C15H15NO4/c1-20-14-7-6-11(10-4-2-3-5-12(10)14)13(16-9-17)8-15(18)19/h2-7,9,13H,8H2,1H3,(H,16,17)(H,18,19). The highest BCUT2D eigenvalue weighted by Crippen LogP contribution is 2.32. The van der Waals surface area contributed by atoms with E-state index in [4.69, 9.17) is 9.84 Å². The molecule has 0 bridgehead atoms. The summed E-state index contributed by atoms with van der Waals surface area (Å²) in [5.74, 6) is -0.256. The van der Waals surface area contributed by atoms with Crippen molar-refractivity contribution in [3.8, 4) is 5.75 Å². The first kappa shape index (κ1) is 13.9. The number of ether oxygens (including phenoxy) is 1. The van der Waals surface area contributed by atoms with Crippen LogP contribution in [0.25, 0.3) is 10.8 Å². The lowest BCUT2D eigenvalue weighted by Gasteiger charge is -2.18. The Hall–Kier alpha value is -2.56. The van der Waals surface area contributed by atoms with Crippen LogP contribution in [0.5, 0.6) is 5.75 Å². The fourth-order valence-corrected chi connectivity index (χ4v) is 2.29. The molecule has 5 heteroatoms. The predicted octanol–water partition coefficient (Wildman–Crippen LogP) is 2.11. The van der Waals surface area contributed by atoms with Crippen LogP contribution in [0.4, 0.5) is 0 Å². The zero-order chi connectivity index (χ0) is 14.5. The van der Waals surface area contributed by atoms with Crippen LogP contribution < -0.4 is 10.1 Å². The number of hydrogen-bond acceptors (Lipinski definition) is 3. The number of benzene rings is 2. The number of hydrogen-bond donors (Lipinski definition) is 2. The van der Waals surface area contributed by atoms with Crippen molar-refractivity contribution < 1.29 is 19.4 Å². The van der Waals surface area contributed by atoms with E-state index in [9.17, 15) is 9.59 Å². The maximum atomic E-state index is 10.9. The van der Waals surface area contributed by atoms with E-state index in [0.29, 0.717) is 12.2 Å². The normalized spacial score (nSPS) is 11.8. The summed E-state index contributed by atoms with van der Waals surface area (Å²) in [5.41, 5.74) is 0.760. The summed E-state index contributed by atoms with van der Waals surface area (Å²) in [7, 11) is 1.58. The van der Waals surface area contributed by atoms with E-state index in [1.54, 1.807) is 19.2 Å². The molecule has 2 N–H and O–H groups in total. The Morgan fingerprint density at radius 1 is 1.30 bits per heavy atom. The molecule has 0 aliphatic rings. The van der Waals surface area contributed by atoms with Crippen molar-refractivity contribution in [2.24, 2.45) is 0 Å². The fraction of sp³-hybridized carbons (Fsp3) is 0.200. The third kappa shape index (κ3) is 2.71. The number of nitrogens with one attached hydrogen (secondary N) is 1. The molecule has 0 saturated heterocycles. The smallest absolute Gasteiger partial charge is 0.305 e. The molecule has 1 unspecified atom stereocenters. The Morgan fingerprint density at radius 2 is 2.00 bits per heavy atom. The monoisotopic (exact) mass is 273 g/mol. The van der Waals surface area contributed by atoms with Gasteiger partial charge in [-0.2, -0.15) is 0 Å². The molecule has 104 valence electrons.